The molecule has 0 amide bonds. The van der Waals surface area contributed by atoms with Crippen LogP contribution in [0.2, 0.25) is 13.1 Å². The van der Waals surface area contributed by atoms with Crippen molar-refractivity contribution in [1.29, 1.82) is 0 Å². The van der Waals surface area contributed by atoms with Crippen molar-refractivity contribution in [3.05, 3.63) is 127 Å². The van der Waals surface area contributed by atoms with Gasteiger partial charge in [0.05, 0.1) is 26.9 Å². The highest BCUT2D eigenvalue weighted by Crippen LogP contribution is 2.55. The van der Waals surface area contributed by atoms with Crippen LogP contribution in [0.15, 0.2) is 142 Å². The summed E-state index contributed by atoms with van der Waals surface area (Å²) in [7, 11) is -2.08. The molecule has 1 aromatic heterocycles. The molecule has 0 spiro atoms. The highest BCUT2D eigenvalue weighted by molar-refractivity contribution is 7.99. The quantitative estimate of drug-likeness (QED) is 0.187. The van der Waals surface area contributed by atoms with Gasteiger partial charge in [0.15, 0.2) is 17.1 Å². The lowest BCUT2D eigenvalue weighted by molar-refractivity contribution is 0.455. The number of ether oxygens (including phenoxy) is 2. The van der Waals surface area contributed by atoms with Gasteiger partial charge in [0, 0.05) is 10.8 Å². The van der Waals surface area contributed by atoms with Crippen molar-refractivity contribution >= 4 is 69.2 Å². The van der Waals surface area contributed by atoms with Gasteiger partial charge in [-0.15, -0.1) is 0 Å². The molecule has 212 valence electrons. The number of fused-ring (bicyclic) bond motifs is 7. The van der Waals surface area contributed by atoms with Crippen LogP contribution in [0.5, 0.6) is 23.0 Å². The van der Waals surface area contributed by atoms with Crippen molar-refractivity contribution in [2.45, 2.75) is 22.9 Å². The second-order valence-electron chi connectivity index (χ2n) is 11.7. The maximum atomic E-state index is 6.86. The van der Waals surface area contributed by atoms with Crippen molar-refractivity contribution in [3.63, 3.8) is 0 Å². The molecule has 0 N–H and O–H groups in total. The number of anilines is 3. The summed E-state index contributed by atoms with van der Waals surface area (Å²) in [6.45, 7) is 4.81. The van der Waals surface area contributed by atoms with E-state index in [2.05, 4.69) is 121 Å². The molecule has 7 aromatic rings. The van der Waals surface area contributed by atoms with Gasteiger partial charge in [-0.1, -0.05) is 104 Å². The lowest BCUT2D eigenvalue weighted by atomic mass is 10.1. The SMILES string of the molecule is C[Si]1(C)c2ccccc2Oc2c(N(c3cccc4c3Oc3ccccc3S4)c3cccc4c3oc3ccccc34)cccc21. The molecule has 0 fully saturated rings. The smallest absolute Gasteiger partial charge is 0.165 e. The van der Waals surface area contributed by atoms with Crippen LogP contribution < -0.4 is 24.7 Å². The van der Waals surface area contributed by atoms with Crippen molar-refractivity contribution in [2.24, 2.45) is 0 Å². The number of benzene rings is 6. The van der Waals surface area contributed by atoms with Crippen LogP contribution in [-0.4, -0.2) is 8.07 Å². The van der Waals surface area contributed by atoms with Crippen molar-refractivity contribution in [3.8, 4) is 23.0 Å². The van der Waals surface area contributed by atoms with E-state index in [9.17, 15) is 0 Å². The third-order valence-corrected chi connectivity index (χ3v) is 13.4. The zero-order valence-electron chi connectivity index (χ0n) is 24.2. The minimum atomic E-state index is -2.08. The van der Waals surface area contributed by atoms with E-state index in [1.807, 2.05) is 24.3 Å². The average molecular weight is 606 g/mol. The first-order valence-electron chi connectivity index (χ1n) is 14.8. The fraction of sp³-hybridized carbons (Fsp3) is 0.0526. The van der Waals surface area contributed by atoms with Crippen LogP contribution in [-0.2, 0) is 0 Å². The lowest BCUT2D eigenvalue weighted by Gasteiger charge is -2.37. The minimum Gasteiger partial charge on any atom is -0.455 e. The first-order valence-corrected chi connectivity index (χ1v) is 18.6. The van der Waals surface area contributed by atoms with E-state index in [0.29, 0.717) is 0 Å². The molecule has 0 aliphatic carbocycles. The summed E-state index contributed by atoms with van der Waals surface area (Å²) < 4.78 is 20.2. The van der Waals surface area contributed by atoms with E-state index < -0.39 is 8.07 Å². The maximum absolute atomic E-state index is 6.86. The van der Waals surface area contributed by atoms with Crippen LogP contribution in [0.1, 0.15) is 0 Å². The molecule has 6 aromatic carbocycles. The monoisotopic (exact) mass is 605 g/mol. The van der Waals surface area contributed by atoms with Gasteiger partial charge in [0.2, 0.25) is 0 Å². The largest absolute Gasteiger partial charge is 0.455 e. The van der Waals surface area contributed by atoms with Crippen molar-refractivity contribution < 1.29 is 13.9 Å². The third-order valence-electron chi connectivity index (χ3n) is 8.79. The van der Waals surface area contributed by atoms with Crippen LogP contribution >= 0.6 is 11.8 Å². The second-order valence-corrected chi connectivity index (χ2v) is 17.1. The van der Waals surface area contributed by atoms with E-state index in [1.54, 1.807) is 11.8 Å². The molecule has 6 heteroatoms. The first kappa shape index (κ1) is 25.6. The summed E-state index contributed by atoms with van der Waals surface area (Å²) in [6.07, 6.45) is 0. The maximum Gasteiger partial charge on any atom is 0.165 e. The van der Waals surface area contributed by atoms with E-state index >= 15 is 0 Å². The Morgan fingerprint density at radius 2 is 1.14 bits per heavy atom. The molecule has 2 aliphatic rings. The predicted octanol–water partition coefficient (Wildman–Crippen LogP) is 10.2. The highest BCUT2D eigenvalue weighted by Gasteiger charge is 2.39. The summed E-state index contributed by atoms with van der Waals surface area (Å²) in [6, 6.07) is 44.2. The zero-order chi connectivity index (χ0) is 29.4. The molecule has 9 rings (SSSR count). The molecule has 0 atom stereocenters. The summed E-state index contributed by atoms with van der Waals surface area (Å²) in [5, 5.41) is 4.73. The van der Waals surface area contributed by atoms with Crippen LogP contribution in [0.3, 0.4) is 0 Å². The van der Waals surface area contributed by atoms with Crippen molar-refractivity contribution in [2.75, 3.05) is 4.90 Å². The van der Waals surface area contributed by atoms with Gasteiger partial charge < -0.3 is 13.9 Å². The first-order chi connectivity index (χ1) is 21.6. The highest BCUT2D eigenvalue weighted by atomic mass is 32.2. The minimum absolute atomic E-state index is 0.814. The predicted molar refractivity (Wildman–Crippen MR) is 182 cm³/mol. The standard InChI is InChI=1S/C38H27NO3SSi/c1-44(2)34-22-8-6-19-31(34)42-38-28(16-11-23-35(38)44)39(26-14-9-13-25-24-12-3-4-17-29(24)40-36(25)26)27-15-10-21-33-37(27)41-30-18-5-7-20-32(30)43-33/h3-23H,1-2H3. The summed E-state index contributed by atoms with van der Waals surface area (Å²) in [4.78, 5) is 4.44. The summed E-state index contributed by atoms with van der Waals surface area (Å²) >= 11 is 1.73. The number of hydrogen-bond acceptors (Lipinski definition) is 5. The number of rotatable bonds is 3. The molecule has 2 aliphatic heterocycles. The topological polar surface area (TPSA) is 34.8 Å². The molecule has 44 heavy (non-hydrogen) atoms. The zero-order valence-corrected chi connectivity index (χ0v) is 26.0. The molecule has 0 unspecified atom stereocenters. The molecular weight excluding hydrogens is 579 g/mol. The normalized spacial score (nSPS) is 14.1. The van der Waals surface area contributed by atoms with E-state index in [0.717, 1.165) is 71.8 Å². The van der Waals surface area contributed by atoms with Crippen molar-refractivity contribution in [1.82, 2.24) is 0 Å². The number of nitrogens with zero attached hydrogens (tertiary/aromatic N) is 1. The fourth-order valence-electron chi connectivity index (χ4n) is 6.64. The Hall–Kier alpha value is -4.91. The van der Waals surface area contributed by atoms with Gasteiger partial charge in [0.1, 0.15) is 25.2 Å². The molecule has 0 bridgehead atoms. The van der Waals surface area contributed by atoms with Crippen LogP contribution in [0.4, 0.5) is 17.1 Å². The number of hydrogen-bond donors (Lipinski definition) is 0. The molecule has 0 radical (unpaired) electrons. The molecular formula is C38H27NO3SSi. The van der Waals surface area contributed by atoms with Crippen LogP contribution in [0, 0.1) is 0 Å². The molecule has 4 nitrogen and oxygen atoms in total. The van der Waals surface area contributed by atoms with Gasteiger partial charge >= 0.3 is 0 Å². The second kappa shape index (κ2) is 9.54. The number of furan rings is 1. The van der Waals surface area contributed by atoms with Gasteiger partial charge in [-0.3, -0.25) is 4.90 Å². The van der Waals surface area contributed by atoms with Crippen LogP contribution in [0.25, 0.3) is 21.9 Å². The number of para-hydroxylation sites is 6. The van der Waals surface area contributed by atoms with E-state index in [1.165, 1.54) is 10.4 Å². The van der Waals surface area contributed by atoms with Gasteiger partial charge in [-0.05, 0) is 58.9 Å². The van der Waals surface area contributed by atoms with E-state index in [-0.39, 0.29) is 0 Å². The fourth-order valence-corrected chi connectivity index (χ4v) is 10.4. The van der Waals surface area contributed by atoms with E-state index in [4.69, 9.17) is 13.9 Å². The summed E-state index contributed by atoms with van der Waals surface area (Å²) in [5.74, 6) is 3.49. The average Bonchev–Trinajstić information content (AvgIpc) is 3.44. The molecule has 3 heterocycles. The Bertz CT molecular complexity index is 2270. The Morgan fingerprint density at radius 3 is 2.05 bits per heavy atom. The lowest BCUT2D eigenvalue weighted by Crippen LogP contribution is -2.56. The Balaban J connectivity index is 1.34. The Kier molecular flexibility index (Phi) is 5.55. The third kappa shape index (κ3) is 3.71. The van der Waals surface area contributed by atoms with Gasteiger partial charge in [-0.2, -0.15) is 0 Å². The Morgan fingerprint density at radius 1 is 0.523 bits per heavy atom. The molecule has 0 saturated heterocycles. The van der Waals surface area contributed by atoms with Gasteiger partial charge in [0.25, 0.3) is 0 Å². The summed E-state index contributed by atoms with van der Waals surface area (Å²) in [5.41, 5.74) is 4.48. The Labute approximate surface area is 260 Å². The molecule has 0 saturated carbocycles. The van der Waals surface area contributed by atoms with Gasteiger partial charge in [-0.25, -0.2) is 0 Å².